The van der Waals surface area contributed by atoms with Gasteiger partial charge in [0.2, 0.25) is 5.91 Å². The number of aliphatic imine (C=N–C) groups is 1. The minimum absolute atomic E-state index is 0.103. The van der Waals surface area contributed by atoms with Crippen LogP contribution in [0.4, 0.5) is 0 Å². The molecule has 1 amide bonds. The van der Waals surface area contributed by atoms with E-state index in [2.05, 4.69) is 41.3 Å². The highest BCUT2D eigenvalue weighted by Gasteiger charge is 2.30. The molecule has 0 aromatic heterocycles. The van der Waals surface area contributed by atoms with Gasteiger partial charge in [-0.15, -0.1) is 0 Å². The molecule has 2 N–H and O–H groups in total. The molecular weight excluding hydrogens is 240 g/mol. The Morgan fingerprint density at radius 1 is 1.32 bits per heavy atom. The molecule has 0 aromatic rings. The van der Waals surface area contributed by atoms with E-state index in [0.717, 1.165) is 32.0 Å². The highest BCUT2D eigenvalue weighted by atomic mass is 16.1. The zero-order valence-corrected chi connectivity index (χ0v) is 12.8. The number of carbonyl (C=O) groups is 1. The number of likely N-dealkylation sites (tertiary alicyclic amines) is 1. The molecule has 5 heteroatoms. The summed E-state index contributed by atoms with van der Waals surface area (Å²) in [6.07, 6.45) is 2.66. The van der Waals surface area contributed by atoms with E-state index in [-0.39, 0.29) is 5.91 Å². The molecule has 1 heterocycles. The topological polar surface area (TPSA) is 56.7 Å². The molecule has 0 radical (unpaired) electrons. The molecule has 5 nitrogen and oxygen atoms in total. The molecule has 0 bridgehead atoms. The molecular formula is C14H28N4O. The summed E-state index contributed by atoms with van der Waals surface area (Å²) in [7, 11) is 1.80. The lowest BCUT2D eigenvalue weighted by Gasteiger charge is -2.23. The van der Waals surface area contributed by atoms with Crippen LogP contribution in [0.25, 0.3) is 0 Å². The van der Waals surface area contributed by atoms with Crippen molar-refractivity contribution in [1.82, 2.24) is 15.5 Å². The summed E-state index contributed by atoms with van der Waals surface area (Å²) in [6.45, 7) is 10.1. The van der Waals surface area contributed by atoms with E-state index in [1.165, 1.54) is 6.42 Å². The highest BCUT2D eigenvalue weighted by molar-refractivity contribution is 5.81. The summed E-state index contributed by atoms with van der Waals surface area (Å²) in [5, 5.41) is 6.15. The van der Waals surface area contributed by atoms with E-state index >= 15 is 0 Å². The number of nitrogens with zero attached hydrogens (tertiary/aromatic N) is 2. The average Bonchev–Trinajstić information content (AvgIpc) is 2.72. The molecule has 0 saturated carbocycles. The minimum atomic E-state index is 0.103. The van der Waals surface area contributed by atoms with Gasteiger partial charge in [-0.2, -0.15) is 0 Å². The van der Waals surface area contributed by atoms with Crippen LogP contribution in [0.3, 0.4) is 0 Å². The first-order valence-electron chi connectivity index (χ1n) is 7.21. The largest absolute Gasteiger partial charge is 0.356 e. The third-order valence-electron chi connectivity index (χ3n) is 3.40. The Kier molecular flexibility index (Phi) is 6.12. The molecule has 1 rings (SSSR count). The van der Waals surface area contributed by atoms with Crippen LogP contribution >= 0.6 is 0 Å². The SMILES string of the molecule is CCCNC(=O)CCNC(=NC)N1CCC(C)(C)C1. The summed E-state index contributed by atoms with van der Waals surface area (Å²) in [5.41, 5.74) is 0.357. The first-order valence-corrected chi connectivity index (χ1v) is 7.21. The Balaban J connectivity index is 2.29. The fourth-order valence-electron chi connectivity index (χ4n) is 2.27. The van der Waals surface area contributed by atoms with Crippen LogP contribution in [0, 0.1) is 5.41 Å². The molecule has 0 unspecified atom stereocenters. The normalized spacial score (nSPS) is 18.5. The van der Waals surface area contributed by atoms with E-state index in [4.69, 9.17) is 0 Å². The van der Waals surface area contributed by atoms with E-state index in [9.17, 15) is 4.79 Å². The van der Waals surface area contributed by atoms with Gasteiger partial charge in [-0.3, -0.25) is 9.79 Å². The third-order valence-corrected chi connectivity index (χ3v) is 3.40. The van der Waals surface area contributed by atoms with Crippen molar-refractivity contribution in [3.05, 3.63) is 0 Å². The van der Waals surface area contributed by atoms with Crippen LogP contribution in [-0.4, -0.2) is 50.0 Å². The molecule has 0 spiro atoms. The van der Waals surface area contributed by atoms with Gasteiger partial charge in [-0.25, -0.2) is 0 Å². The maximum Gasteiger partial charge on any atom is 0.221 e. The number of carbonyl (C=O) groups excluding carboxylic acids is 1. The second kappa shape index (κ2) is 7.36. The zero-order valence-electron chi connectivity index (χ0n) is 12.8. The van der Waals surface area contributed by atoms with Crippen molar-refractivity contribution < 1.29 is 4.79 Å². The summed E-state index contributed by atoms with van der Waals surface area (Å²) in [6, 6.07) is 0. The lowest BCUT2D eigenvalue weighted by atomic mass is 9.93. The van der Waals surface area contributed by atoms with Crippen LogP contribution in [0.2, 0.25) is 0 Å². The van der Waals surface area contributed by atoms with Gasteiger partial charge < -0.3 is 15.5 Å². The number of hydrogen-bond acceptors (Lipinski definition) is 2. The van der Waals surface area contributed by atoms with E-state index in [0.29, 0.717) is 18.4 Å². The molecule has 1 aliphatic heterocycles. The van der Waals surface area contributed by atoms with E-state index in [1.807, 2.05) is 0 Å². The summed E-state index contributed by atoms with van der Waals surface area (Å²) >= 11 is 0. The standard InChI is InChI=1S/C14H28N4O/c1-5-8-16-12(19)6-9-17-13(15-4)18-10-7-14(2,3)11-18/h5-11H2,1-4H3,(H,15,17)(H,16,19). The molecule has 19 heavy (non-hydrogen) atoms. The molecule has 0 atom stereocenters. The Labute approximate surface area is 116 Å². The molecule has 1 fully saturated rings. The Morgan fingerprint density at radius 3 is 2.58 bits per heavy atom. The summed E-state index contributed by atoms with van der Waals surface area (Å²) in [4.78, 5) is 18.1. The van der Waals surface area contributed by atoms with Crippen molar-refractivity contribution in [2.75, 3.05) is 33.2 Å². The Bertz CT molecular complexity index is 325. The van der Waals surface area contributed by atoms with Crippen molar-refractivity contribution in [2.45, 2.75) is 40.0 Å². The summed E-state index contributed by atoms with van der Waals surface area (Å²) < 4.78 is 0. The van der Waals surface area contributed by atoms with E-state index in [1.54, 1.807) is 7.05 Å². The molecule has 0 aliphatic carbocycles. The van der Waals surface area contributed by atoms with Crippen molar-refractivity contribution >= 4 is 11.9 Å². The van der Waals surface area contributed by atoms with Gasteiger partial charge in [0.1, 0.15) is 0 Å². The van der Waals surface area contributed by atoms with Crippen molar-refractivity contribution in [1.29, 1.82) is 0 Å². The average molecular weight is 268 g/mol. The molecule has 1 aliphatic rings. The van der Waals surface area contributed by atoms with Crippen LogP contribution < -0.4 is 10.6 Å². The fourth-order valence-corrected chi connectivity index (χ4v) is 2.27. The van der Waals surface area contributed by atoms with Crippen LogP contribution in [-0.2, 0) is 4.79 Å². The number of guanidine groups is 1. The van der Waals surface area contributed by atoms with Gasteiger partial charge >= 0.3 is 0 Å². The quantitative estimate of drug-likeness (QED) is 0.582. The van der Waals surface area contributed by atoms with Gasteiger partial charge in [0.15, 0.2) is 5.96 Å². The zero-order chi connectivity index (χ0) is 14.3. The Morgan fingerprint density at radius 2 is 2.05 bits per heavy atom. The monoisotopic (exact) mass is 268 g/mol. The maximum absolute atomic E-state index is 11.5. The third kappa shape index (κ3) is 5.49. The lowest BCUT2D eigenvalue weighted by molar-refractivity contribution is -0.120. The Hall–Kier alpha value is -1.26. The van der Waals surface area contributed by atoms with Gasteiger partial charge in [-0.05, 0) is 18.3 Å². The number of hydrogen-bond donors (Lipinski definition) is 2. The van der Waals surface area contributed by atoms with Gasteiger partial charge in [0.25, 0.3) is 0 Å². The van der Waals surface area contributed by atoms with Crippen molar-refractivity contribution in [3.63, 3.8) is 0 Å². The van der Waals surface area contributed by atoms with E-state index < -0.39 is 0 Å². The number of nitrogens with one attached hydrogen (secondary N) is 2. The van der Waals surface area contributed by atoms with Crippen molar-refractivity contribution in [3.8, 4) is 0 Å². The predicted octanol–water partition coefficient (Wildman–Crippen LogP) is 1.21. The predicted molar refractivity (Wildman–Crippen MR) is 79.3 cm³/mol. The lowest BCUT2D eigenvalue weighted by Crippen LogP contribution is -2.42. The smallest absolute Gasteiger partial charge is 0.221 e. The first kappa shape index (κ1) is 15.8. The minimum Gasteiger partial charge on any atom is -0.356 e. The van der Waals surface area contributed by atoms with Gasteiger partial charge in [-0.1, -0.05) is 20.8 Å². The van der Waals surface area contributed by atoms with Gasteiger partial charge in [0.05, 0.1) is 0 Å². The maximum atomic E-state index is 11.5. The molecule has 0 aromatic carbocycles. The first-order chi connectivity index (χ1) is 8.98. The van der Waals surface area contributed by atoms with Crippen LogP contribution in [0.5, 0.6) is 0 Å². The number of rotatable bonds is 5. The molecule has 110 valence electrons. The van der Waals surface area contributed by atoms with Gasteiger partial charge in [0, 0.05) is 39.6 Å². The fraction of sp³-hybridized carbons (Fsp3) is 0.857. The second-order valence-electron chi connectivity index (χ2n) is 5.91. The van der Waals surface area contributed by atoms with Crippen molar-refractivity contribution in [2.24, 2.45) is 10.4 Å². The highest BCUT2D eigenvalue weighted by Crippen LogP contribution is 2.28. The summed E-state index contributed by atoms with van der Waals surface area (Å²) in [5.74, 6) is 1.01. The molecule has 1 saturated heterocycles. The van der Waals surface area contributed by atoms with Crippen LogP contribution in [0.15, 0.2) is 4.99 Å². The van der Waals surface area contributed by atoms with Crippen LogP contribution in [0.1, 0.15) is 40.0 Å². The number of amides is 1. The second-order valence-corrected chi connectivity index (χ2v) is 5.91.